The summed E-state index contributed by atoms with van der Waals surface area (Å²) in [5, 5.41) is 25.3. The van der Waals surface area contributed by atoms with Gasteiger partial charge < -0.3 is 0 Å². The highest BCUT2D eigenvalue weighted by atomic mass is 16.5. The fourth-order valence-electron chi connectivity index (χ4n) is 10.2. The highest BCUT2D eigenvalue weighted by Crippen LogP contribution is 2.38. The molecule has 4 unspecified atom stereocenters. The van der Waals surface area contributed by atoms with Gasteiger partial charge in [-0.2, -0.15) is 0 Å². The Morgan fingerprint density at radius 3 is 1.06 bits per heavy atom. The van der Waals surface area contributed by atoms with Crippen LogP contribution < -0.4 is 0 Å². The lowest BCUT2D eigenvalue weighted by Gasteiger charge is -2.34. The first kappa shape index (κ1) is 40.6. The zero-order valence-electron chi connectivity index (χ0n) is 31.8. The fraction of sp³-hybridized carbons (Fsp3) is 0.953. The van der Waals surface area contributed by atoms with Crippen molar-refractivity contribution in [2.75, 3.05) is 0 Å². The van der Waals surface area contributed by atoms with Gasteiger partial charge in [0, 0.05) is 11.8 Å². The van der Waals surface area contributed by atoms with Crippen molar-refractivity contribution in [3.05, 3.63) is 0 Å². The average Bonchev–Trinajstić information content (AvgIpc) is 3.15. The SMILES string of the molecule is O=C(C1CCCCCCCCCC1)N(O)C1CCCCCCC(C2CCCCCCC(C(=O)N(O)C3CCCCCCCCC3)C2)CCC1. The molecule has 0 aromatic heterocycles. The van der Waals surface area contributed by atoms with E-state index in [0.29, 0.717) is 11.8 Å². The molecule has 0 aromatic carbocycles. The van der Waals surface area contributed by atoms with Crippen LogP contribution in [0.25, 0.3) is 0 Å². The van der Waals surface area contributed by atoms with Crippen molar-refractivity contribution in [3.8, 4) is 0 Å². The van der Waals surface area contributed by atoms with Gasteiger partial charge >= 0.3 is 0 Å². The summed E-state index contributed by atoms with van der Waals surface area (Å²) in [4.78, 5) is 27.8. The van der Waals surface area contributed by atoms with Gasteiger partial charge in [0.1, 0.15) is 0 Å². The number of hydroxylamine groups is 4. The first-order chi connectivity index (χ1) is 24.0. The molecule has 284 valence electrons. The molecule has 0 spiro atoms. The van der Waals surface area contributed by atoms with E-state index in [1.165, 1.54) is 132 Å². The Morgan fingerprint density at radius 1 is 0.327 bits per heavy atom. The molecule has 0 aliphatic heterocycles. The number of hydrogen-bond acceptors (Lipinski definition) is 4. The van der Waals surface area contributed by atoms with Crippen LogP contribution >= 0.6 is 0 Å². The van der Waals surface area contributed by atoms with Crippen LogP contribution in [0.5, 0.6) is 0 Å². The van der Waals surface area contributed by atoms with Crippen LogP contribution in [-0.2, 0) is 9.59 Å². The maximum Gasteiger partial charge on any atom is 0.249 e. The predicted molar refractivity (Wildman–Crippen MR) is 200 cm³/mol. The van der Waals surface area contributed by atoms with E-state index in [2.05, 4.69) is 0 Å². The molecule has 4 aliphatic rings. The molecule has 0 radical (unpaired) electrons. The van der Waals surface area contributed by atoms with Crippen molar-refractivity contribution in [2.24, 2.45) is 23.7 Å². The molecule has 6 nitrogen and oxygen atoms in total. The molecule has 4 saturated carbocycles. The topological polar surface area (TPSA) is 81.1 Å². The molecule has 2 N–H and O–H groups in total. The van der Waals surface area contributed by atoms with Gasteiger partial charge in [0.15, 0.2) is 0 Å². The largest absolute Gasteiger partial charge is 0.286 e. The van der Waals surface area contributed by atoms with Crippen LogP contribution in [0.2, 0.25) is 0 Å². The van der Waals surface area contributed by atoms with Crippen LogP contribution in [0.15, 0.2) is 0 Å². The molecule has 4 rings (SSSR count). The van der Waals surface area contributed by atoms with Crippen LogP contribution in [0.1, 0.15) is 225 Å². The molecule has 4 atom stereocenters. The van der Waals surface area contributed by atoms with Gasteiger partial charge in [0.25, 0.3) is 0 Å². The lowest BCUT2D eigenvalue weighted by atomic mass is 9.76. The van der Waals surface area contributed by atoms with E-state index in [-0.39, 0.29) is 35.7 Å². The van der Waals surface area contributed by atoms with E-state index in [9.17, 15) is 20.0 Å². The molecule has 4 fully saturated rings. The zero-order chi connectivity index (χ0) is 34.5. The van der Waals surface area contributed by atoms with E-state index in [1.54, 1.807) is 0 Å². The van der Waals surface area contributed by atoms with Crippen molar-refractivity contribution >= 4 is 11.8 Å². The quantitative estimate of drug-likeness (QED) is 0.223. The second-order valence-electron chi connectivity index (χ2n) is 17.2. The smallest absolute Gasteiger partial charge is 0.249 e. The molecule has 49 heavy (non-hydrogen) atoms. The van der Waals surface area contributed by atoms with Gasteiger partial charge in [0.2, 0.25) is 11.8 Å². The Morgan fingerprint density at radius 2 is 0.612 bits per heavy atom. The Labute approximate surface area is 301 Å². The number of carbonyl (C=O) groups is 2. The summed E-state index contributed by atoms with van der Waals surface area (Å²) in [5.74, 6) is 1.01. The monoisotopic (exact) mass is 687 g/mol. The first-order valence-corrected chi connectivity index (χ1v) is 22.1. The van der Waals surface area contributed by atoms with Crippen molar-refractivity contribution in [1.29, 1.82) is 0 Å². The molecular weight excluding hydrogens is 608 g/mol. The van der Waals surface area contributed by atoms with Gasteiger partial charge in [-0.3, -0.25) is 20.0 Å². The minimum absolute atomic E-state index is 0.00248. The van der Waals surface area contributed by atoms with Gasteiger partial charge in [-0.05, 0) is 63.2 Å². The van der Waals surface area contributed by atoms with Crippen LogP contribution in [-0.4, -0.2) is 44.4 Å². The third kappa shape index (κ3) is 14.8. The standard InChI is InChI=1S/C43H78N2O4/c46-42(37-26-17-8-4-1-2-5-9-18-27-37)44(48)41-33-23-15-14-16-25-36(30-24-34-41)38-28-19-12-13-20-29-39(35-38)43(47)45(49)40-31-21-10-6-3-7-11-22-32-40/h36-41,48-49H,1-35H2. The molecule has 0 aromatic rings. The van der Waals surface area contributed by atoms with Crippen LogP contribution in [0.4, 0.5) is 0 Å². The fourth-order valence-corrected chi connectivity index (χ4v) is 10.2. The van der Waals surface area contributed by atoms with E-state index in [4.69, 9.17) is 0 Å². The van der Waals surface area contributed by atoms with Gasteiger partial charge in [-0.25, -0.2) is 10.1 Å². The maximum atomic E-state index is 14.0. The molecule has 6 heteroatoms. The molecule has 0 bridgehead atoms. The second-order valence-corrected chi connectivity index (χ2v) is 17.2. The lowest BCUT2D eigenvalue weighted by molar-refractivity contribution is -0.183. The summed E-state index contributed by atoms with van der Waals surface area (Å²) in [6.07, 6.45) is 39.8. The minimum Gasteiger partial charge on any atom is -0.286 e. The Hall–Kier alpha value is -1.14. The second kappa shape index (κ2) is 24.2. The van der Waals surface area contributed by atoms with Crippen LogP contribution in [0.3, 0.4) is 0 Å². The average molecular weight is 687 g/mol. The molecule has 4 aliphatic carbocycles. The Bertz CT molecular complexity index is 875. The molecular formula is C43H78N2O4. The molecule has 0 saturated heterocycles. The summed E-state index contributed by atoms with van der Waals surface area (Å²) >= 11 is 0. The predicted octanol–water partition coefficient (Wildman–Crippen LogP) is 12.3. The van der Waals surface area contributed by atoms with Crippen molar-refractivity contribution < 1.29 is 20.0 Å². The van der Waals surface area contributed by atoms with E-state index in [1.807, 2.05) is 0 Å². The van der Waals surface area contributed by atoms with E-state index >= 15 is 0 Å². The Kier molecular flexibility index (Phi) is 20.0. The summed E-state index contributed by atoms with van der Waals surface area (Å²) in [6, 6.07) is -0.0875. The Balaban J connectivity index is 1.37. The molecule has 0 heterocycles. The van der Waals surface area contributed by atoms with E-state index in [0.717, 1.165) is 103 Å². The maximum absolute atomic E-state index is 14.0. The number of amides is 2. The van der Waals surface area contributed by atoms with Gasteiger partial charge in [-0.15, -0.1) is 0 Å². The number of rotatable bonds is 5. The summed E-state index contributed by atoms with van der Waals surface area (Å²) in [7, 11) is 0. The summed E-state index contributed by atoms with van der Waals surface area (Å²) < 4.78 is 0. The first-order valence-electron chi connectivity index (χ1n) is 22.1. The van der Waals surface area contributed by atoms with Crippen molar-refractivity contribution in [2.45, 2.75) is 237 Å². The van der Waals surface area contributed by atoms with Crippen molar-refractivity contribution in [1.82, 2.24) is 10.1 Å². The van der Waals surface area contributed by atoms with Crippen molar-refractivity contribution in [3.63, 3.8) is 0 Å². The van der Waals surface area contributed by atoms with E-state index < -0.39 is 0 Å². The third-order valence-electron chi connectivity index (χ3n) is 13.4. The lowest BCUT2D eigenvalue weighted by Crippen LogP contribution is -2.42. The number of nitrogens with zero attached hydrogens (tertiary/aromatic N) is 2. The highest BCUT2D eigenvalue weighted by molar-refractivity contribution is 5.78. The minimum atomic E-state index is -0.0699. The van der Waals surface area contributed by atoms with Gasteiger partial charge in [0.05, 0.1) is 12.1 Å². The summed E-state index contributed by atoms with van der Waals surface area (Å²) in [5.41, 5.74) is 0. The number of hydrogen-bond donors (Lipinski definition) is 2. The normalized spacial score (nSPS) is 29.8. The third-order valence-corrected chi connectivity index (χ3v) is 13.4. The highest BCUT2D eigenvalue weighted by Gasteiger charge is 2.34. The molecule has 2 amide bonds. The van der Waals surface area contributed by atoms with Gasteiger partial charge in [-0.1, -0.05) is 173 Å². The number of carbonyl (C=O) groups excluding carboxylic acids is 2. The zero-order valence-corrected chi connectivity index (χ0v) is 31.8. The van der Waals surface area contributed by atoms with Crippen LogP contribution in [0, 0.1) is 23.7 Å². The summed E-state index contributed by atoms with van der Waals surface area (Å²) in [6.45, 7) is 0.